The largest absolute Gasteiger partial charge is 0.378 e. The van der Waals surface area contributed by atoms with Crippen LogP contribution >= 0.6 is 0 Å². The molecule has 1 N–H and O–H groups in total. The number of fused-ring (bicyclic) bond motifs is 1. The van der Waals surface area contributed by atoms with Crippen molar-refractivity contribution in [3.63, 3.8) is 0 Å². The molecular formula is C13H13N5. The highest BCUT2D eigenvalue weighted by Gasteiger charge is 2.06. The maximum atomic E-state index is 4.51. The topological polar surface area (TPSA) is 57.7 Å². The van der Waals surface area contributed by atoms with E-state index in [1.807, 2.05) is 26.2 Å². The molecule has 90 valence electrons. The molecule has 1 aromatic carbocycles. The van der Waals surface area contributed by atoms with Gasteiger partial charge in [0.2, 0.25) is 0 Å². The van der Waals surface area contributed by atoms with Crippen molar-refractivity contribution in [2.24, 2.45) is 0 Å². The number of anilines is 1. The van der Waals surface area contributed by atoms with Gasteiger partial charge in [0.15, 0.2) is 0 Å². The van der Waals surface area contributed by atoms with Crippen molar-refractivity contribution in [1.82, 2.24) is 20.2 Å². The molecule has 5 nitrogen and oxygen atoms in total. The summed E-state index contributed by atoms with van der Waals surface area (Å²) in [5.41, 5.74) is 3.92. The molecule has 0 radical (unpaired) electrons. The zero-order valence-corrected chi connectivity index (χ0v) is 10.3. The predicted octanol–water partition coefficient (Wildman–Crippen LogP) is 2.09. The molecule has 0 aliphatic carbocycles. The minimum Gasteiger partial charge on any atom is -0.378 e. The number of imidazole rings is 1. The minimum atomic E-state index is 0.829. The molecule has 0 unspecified atom stereocenters. The van der Waals surface area contributed by atoms with Gasteiger partial charge < -0.3 is 9.88 Å². The number of hydrogen-bond donors (Lipinski definition) is 1. The molecule has 0 aliphatic rings. The predicted molar refractivity (Wildman–Crippen MR) is 71.4 cm³/mol. The lowest BCUT2D eigenvalue weighted by molar-refractivity contribution is 1.05. The lowest BCUT2D eigenvalue weighted by Crippen LogP contribution is -2.08. The van der Waals surface area contributed by atoms with E-state index in [1.54, 1.807) is 12.4 Å². The molecule has 3 aromatic rings. The van der Waals surface area contributed by atoms with E-state index in [0.29, 0.717) is 0 Å². The molecule has 2 aromatic heterocycles. The van der Waals surface area contributed by atoms with Crippen molar-refractivity contribution < 1.29 is 0 Å². The fraction of sp³-hybridized carbons (Fsp3) is 0.154. The van der Waals surface area contributed by atoms with Gasteiger partial charge in [-0.05, 0) is 12.1 Å². The monoisotopic (exact) mass is 239 g/mol. The van der Waals surface area contributed by atoms with Crippen LogP contribution < -0.4 is 4.90 Å². The van der Waals surface area contributed by atoms with E-state index in [4.69, 9.17) is 0 Å². The van der Waals surface area contributed by atoms with Gasteiger partial charge >= 0.3 is 0 Å². The molecule has 3 rings (SSSR count). The molecule has 0 saturated heterocycles. The summed E-state index contributed by atoms with van der Waals surface area (Å²) in [5, 5.41) is 7.66. The van der Waals surface area contributed by atoms with Gasteiger partial charge in [-0.2, -0.15) is 10.2 Å². The smallest absolute Gasteiger partial charge is 0.138 e. The quantitative estimate of drug-likeness (QED) is 0.744. The number of aromatic amines is 1. The molecule has 0 amide bonds. The van der Waals surface area contributed by atoms with Crippen LogP contribution in [0.1, 0.15) is 0 Å². The first-order valence-corrected chi connectivity index (χ1v) is 5.68. The van der Waals surface area contributed by atoms with Crippen LogP contribution in [0, 0.1) is 0 Å². The second-order valence-corrected chi connectivity index (χ2v) is 4.32. The summed E-state index contributed by atoms with van der Waals surface area (Å²) < 4.78 is 0. The van der Waals surface area contributed by atoms with Crippen molar-refractivity contribution in [3.05, 3.63) is 36.7 Å². The molecule has 0 aliphatic heterocycles. The maximum absolute atomic E-state index is 4.51. The Morgan fingerprint density at radius 3 is 2.72 bits per heavy atom. The van der Waals surface area contributed by atoms with Gasteiger partial charge in [0.1, 0.15) is 11.3 Å². The Morgan fingerprint density at radius 2 is 1.94 bits per heavy atom. The van der Waals surface area contributed by atoms with Gasteiger partial charge in [0.25, 0.3) is 0 Å². The van der Waals surface area contributed by atoms with E-state index in [9.17, 15) is 0 Å². The van der Waals surface area contributed by atoms with Crippen LogP contribution in [0.2, 0.25) is 0 Å². The maximum Gasteiger partial charge on any atom is 0.138 e. The standard InChI is InChI=1S/C13H13N5/c1-18(2)10-5-3-4-9(6-10)13-16-11-7-14-15-8-12(11)17-13/h3-8H,1-2H3,(H,16,17). The number of H-pyrrole nitrogens is 1. The van der Waals surface area contributed by atoms with Crippen LogP contribution in [0.4, 0.5) is 5.69 Å². The van der Waals surface area contributed by atoms with Crippen LogP contribution in [0.3, 0.4) is 0 Å². The van der Waals surface area contributed by atoms with Crippen molar-refractivity contribution in [2.75, 3.05) is 19.0 Å². The highest BCUT2D eigenvalue weighted by atomic mass is 15.1. The summed E-state index contributed by atoms with van der Waals surface area (Å²) in [5.74, 6) is 0.837. The third-order valence-corrected chi connectivity index (χ3v) is 2.83. The second kappa shape index (κ2) is 4.10. The summed E-state index contributed by atoms with van der Waals surface area (Å²) >= 11 is 0. The number of aromatic nitrogens is 4. The van der Waals surface area contributed by atoms with E-state index in [2.05, 4.69) is 37.2 Å². The van der Waals surface area contributed by atoms with Crippen LogP contribution in [0.15, 0.2) is 36.7 Å². The van der Waals surface area contributed by atoms with E-state index < -0.39 is 0 Å². The summed E-state index contributed by atoms with van der Waals surface area (Å²) in [6.45, 7) is 0. The van der Waals surface area contributed by atoms with E-state index >= 15 is 0 Å². The molecule has 0 atom stereocenters. The Balaban J connectivity index is 2.11. The van der Waals surface area contributed by atoms with Crippen molar-refractivity contribution in [3.8, 4) is 11.4 Å². The number of hydrogen-bond acceptors (Lipinski definition) is 4. The van der Waals surface area contributed by atoms with Gasteiger partial charge in [-0.1, -0.05) is 12.1 Å². The Hall–Kier alpha value is -2.43. The first-order valence-electron chi connectivity index (χ1n) is 5.68. The lowest BCUT2D eigenvalue weighted by Gasteiger charge is -2.12. The van der Waals surface area contributed by atoms with Crippen molar-refractivity contribution >= 4 is 16.7 Å². The van der Waals surface area contributed by atoms with Crippen molar-refractivity contribution in [1.29, 1.82) is 0 Å². The van der Waals surface area contributed by atoms with Gasteiger partial charge in [-0.25, -0.2) is 4.98 Å². The normalized spacial score (nSPS) is 10.8. The van der Waals surface area contributed by atoms with E-state index in [1.165, 1.54) is 0 Å². The van der Waals surface area contributed by atoms with E-state index in [0.717, 1.165) is 28.1 Å². The van der Waals surface area contributed by atoms with Gasteiger partial charge in [-0.15, -0.1) is 0 Å². The fourth-order valence-corrected chi connectivity index (χ4v) is 1.84. The van der Waals surface area contributed by atoms with Gasteiger partial charge in [0, 0.05) is 25.3 Å². The zero-order chi connectivity index (χ0) is 12.5. The Morgan fingerprint density at radius 1 is 1.11 bits per heavy atom. The van der Waals surface area contributed by atoms with Crippen LogP contribution in [-0.4, -0.2) is 34.3 Å². The Kier molecular flexibility index (Phi) is 2.44. The van der Waals surface area contributed by atoms with Gasteiger partial charge in [0.05, 0.1) is 17.9 Å². The van der Waals surface area contributed by atoms with Crippen LogP contribution in [0.25, 0.3) is 22.4 Å². The molecule has 5 heteroatoms. The Labute approximate surface area is 104 Å². The highest BCUT2D eigenvalue weighted by molar-refractivity contribution is 5.78. The number of rotatable bonds is 2. The summed E-state index contributed by atoms with van der Waals surface area (Å²) in [6, 6.07) is 8.22. The zero-order valence-electron chi connectivity index (χ0n) is 10.3. The minimum absolute atomic E-state index is 0.829. The summed E-state index contributed by atoms with van der Waals surface area (Å²) in [7, 11) is 4.04. The van der Waals surface area contributed by atoms with Crippen molar-refractivity contribution in [2.45, 2.75) is 0 Å². The van der Waals surface area contributed by atoms with Crippen LogP contribution in [0.5, 0.6) is 0 Å². The molecule has 0 spiro atoms. The third kappa shape index (κ3) is 1.79. The first kappa shape index (κ1) is 10.7. The molecule has 0 fully saturated rings. The fourth-order valence-electron chi connectivity index (χ4n) is 1.84. The number of benzene rings is 1. The van der Waals surface area contributed by atoms with Gasteiger partial charge in [-0.3, -0.25) is 0 Å². The molecule has 0 saturated carbocycles. The lowest BCUT2D eigenvalue weighted by atomic mass is 10.2. The molecular weight excluding hydrogens is 226 g/mol. The number of nitrogens with one attached hydrogen (secondary N) is 1. The van der Waals surface area contributed by atoms with Crippen LogP contribution in [-0.2, 0) is 0 Å². The molecule has 18 heavy (non-hydrogen) atoms. The third-order valence-electron chi connectivity index (χ3n) is 2.83. The molecule has 2 heterocycles. The second-order valence-electron chi connectivity index (χ2n) is 4.32. The summed E-state index contributed by atoms with van der Waals surface area (Å²) in [6.07, 6.45) is 3.34. The average molecular weight is 239 g/mol. The average Bonchev–Trinajstić information content (AvgIpc) is 2.82. The first-order chi connectivity index (χ1) is 8.74. The highest BCUT2D eigenvalue weighted by Crippen LogP contribution is 2.23. The number of nitrogens with zero attached hydrogens (tertiary/aromatic N) is 4. The van der Waals surface area contributed by atoms with E-state index in [-0.39, 0.29) is 0 Å². The Bertz CT molecular complexity index is 653. The summed E-state index contributed by atoms with van der Waals surface area (Å²) in [4.78, 5) is 9.82. The SMILES string of the molecule is CN(C)c1cccc(-c2nc3cnncc3[nH]2)c1. The molecule has 0 bridgehead atoms.